The van der Waals surface area contributed by atoms with Crippen LogP contribution in [0.3, 0.4) is 0 Å². The zero-order chi connectivity index (χ0) is 13.6. The van der Waals surface area contributed by atoms with Gasteiger partial charge in [-0.2, -0.15) is 5.26 Å². The second kappa shape index (κ2) is 6.78. The van der Waals surface area contributed by atoms with Crippen LogP contribution in [0.5, 0.6) is 0 Å². The molecule has 0 saturated heterocycles. The minimum absolute atomic E-state index is 0.0348. The summed E-state index contributed by atoms with van der Waals surface area (Å²) in [5.41, 5.74) is -0.800. The van der Waals surface area contributed by atoms with E-state index < -0.39 is 5.41 Å². The number of nitrogens with zero attached hydrogens (tertiary/aromatic N) is 1. The highest BCUT2D eigenvalue weighted by molar-refractivity contribution is 5.85. The van der Waals surface area contributed by atoms with E-state index in [1.54, 1.807) is 0 Å². The van der Waals surface area contributed by atoms with Crippen molar-refractivity contribution in [1.82, 2.24) is 5.32 Å². The Labute approximate surface area is 111 Å². The van der Waals surface area contributed by atoms with E-state index in [0.29, 0.717) is 18.8 Å². The molecule has 0 spiro atoms. The Hall–Kier alpha value is -1.04. The number of nitrogens with one attached hydrogen (secondary N) is 1. The van der Waals surface area contributed by atoms with Gasteiger partial charge in [-0.1, -0.05) is 40.0 Å². The van der Waals surface area contributed by atoms with Gasteiger partial charge in [-0.3, -0.25) is 4.79 Å². The highest BCUT2D eigenvalue weighted by Crippen LogP contribution is 2.31. The van der Waals surface area contributed by atoms with Crippen LogP contribution in [0.2, 0.25) is 0 Å². The van der Waals surface area contributed by atoms with E-state index >= 15 is 0 Å². The molecule has 0 bridgehead atoms. The molecule has 1 saturated carbocycles. The number of hydrogen-bond acceptors (Lipinski definition) is 2. The van der Waals surface area contributed by atoms with Gasteiger partial charge < -0.3 is 5.32 Å². The van der Waals surface area contributed by atoms with Crippen LogP contribution in [0.15, 0.2) is 0 Å². The van der Waals surface area contributed by atoms with Crippen molar-refractivity contribution in [2.24, 2.45) is 11.3 Å². The quantitative estimate of drug-likeness (QED) is 0.785. The maximum absolute atomic E-state index is 12.4. The molecule has 3 heteroatoms. The van der Waals surface area contributed by atoms with Gasteiger partial charge in [0, 0.05) is 6.04 Å². The summed E-state index contributed by atoms with van der Waals surface area (Å²) < 4.78 is 0. The molecule has 1 N–H and O–H groups in total. The zero-order valence-electron chi connectivity index (χ0n) is 12.0. The van der Waals surface area contributed by atoms with Crippen molar-refractivity contribution in [2.75, 3.05) is 0 Å². The molecular formula is C15H26N2O. The van der Waals surface area contributed by atoms with Crippen LogP contribution < -0.4 is 5.32 Å². The molecule has 2 unspecified atom stereocenters. The van der Waals surface area contributed by atoms with Gasteiger partial charge in [0.25, 0.3) is 0 Å². The zero-order valence-corrected chi connectivity index (χ0v) is 12.0. The topological polar surface area (TPSA) is 52.9 Å². The van der Waals surface area contributed by atoms with Crippen molar-refractivity contribution in [1.29, 1.82) is 5.26 Å². The first-order valence-corrected chi connectivity index (χ1v) is 7.31. The molecule has 3 nitrogen and oxygen atoms in total. The summed E-state index contributed by atoms with van der Waals surface area (Å²) in [6.45, 7) is 6.26. The average Bonchev–Trinajstić information content (AvgIpc) is 2.74. The lowest BCUT2D eigenvalue weighted by molar-refractivity contribution is -0.129. The summed E-state index contributed by atoms with van der Waals surface area (Å²) in [4.78, 5) is 12.4. The van der Waals surface area contributed by atoms with E-state index in [9.17, 15) is 10.1 Å². The molecule has 0 aromatic rings. The summed E-state index contributed by atoms with van der Waals surface area (Å²) in [7, 11) is 0. The van der Waals surface area contributed by atoms with E-state index in [1.165, 1.54) is 12.8 Å². The second-order valence-electron chi connectivity index (χ2n) is 5.68. The molecule has 1 rings (SSSR count). The fraction of sp³-hybridized carbons (Fsp3) is 0.867. The first-order chi connectivity index (χ1) is 8.59. The van der Waals surface area contributed by atoms with Gasteiger partial charge in [0.2, 0.25) is 5.91 Å². The highest BCUT2D eigenvalue weighted by atomic mass is 16.2. The van der Waals surface area contributed by atoms with Gasteiger partial charge >= 0.3 is 0 Å². The maximum Gasteiger partial charge on any atom is 0.240 e. The Morgan fingerprint density at radius 1 is 1.33 bits per heavy atom. The largest absolute Gasteiger partial charge is 0.352 e. The number of carbonyl (C=O) groups is 1. The van der Waals surface area contributed by atoms with Gasteiger partial charge in [-0.15, -0.1) is 0 Å². The van der Waals surface area contributed by atoms with Crippen molar-refractivity contribution >= 4 is 5.91 Å². The molecule has 1 fully saturated rings. The van der Waals surface area contributed by atoms with Crippen LogP contribution in [-0.2, 0) is 4.79 Å². The predicted octanol–water partition coefficient (Wildman–Crippen LogP) is 3.40. The van der Waals surface area contributed by atoms with Gasteiger partial charge in [0.15, 0.2) is 0 Å². The van der Waals surface area contributed by atoms with Crippen LogP contribution in [0.25, 0.3) is 0 Å². The molecular weight excluding hydrogens is 224 g/mol. The van der Waals surface area contributed by atoms with Crippen molar-refractivity contribution < 1.29 is 4.79 Å². The summed E-state index contributed by atoms with van der Waals surface area (Å²) in [5, 5.41) is 12.6. The van der Waals surface area contributed by atoms with Crippen LogP contribution >= 0.6 is 0 Å². The lowest BCUT2D eigenvalue weighted by Gasteiger charge is -2.28. The lowest BCUT2D eigenvalue weighted by Crippen LogP contribution is -2.46. The third-order valence-electron chi connectivity index (χ3n) is 4.18. The molecule has 1 amide bonds. The molecule has 0 radical (unpaired) electrons. The third-order valence-corrected chi connectivity index (χ3v) is 4.18. The number of rotatable bonds is 6. The number of amides is 1. The summed E-state index contributed by atoms with van der Waals surface area (Å²) in [6.07, 6.45) is 6.53. The van der Waals surface area contributed by atoms with Crippen LogP contribution in [0, 0.1) is 22.7 Å². The van der Waals surface area contributed by atoms with Crippen molar-refractivity contribution in [2.45, 2.75) is 71.8 Å². The lowest BCUT2D eigenvalue weighted by atomic mass is 9.79. The molecule has 1 aliphatic carbocycles. The van der Waals surface area contributed by atoms with Gasteiger partial charge in [0.05, 0.1) is 6.07 Å². The first-order valence-electron chi connectivity index (χ1n) is 7.31. The molecule has 0 aliphatic heterocycles. The summed E-state index contributed by atoms with van der Waals surface area (Å²) in [6, 6.07) is 2.57. The van der Waals surface area contributed by atoms with E-state index in [0.717, 1.165) is 19.3 Å². The van der Waals surface area contributed by atoms with E-state index in [-0.39, 0.29) is 11.9 Å². The van der Waals surface area contributed by atoms with Gasteiger partial charge in [-0.05, 0) is 31.6 Å². The Kier molecular flexibility index (Phi) is 5.65. The molecule has 2 atom stereocenters. The third kappa shape index (κ3) is 3.25. The van der Waals surface area contributed by atoms with E-state index in [2.05, 4.69) is 18.3 Å². The van der Waals surface area contributed by atoms with Crippen LogP contribution in [-0.4, -0.2) is 11.9 Å². The van der Waals surface area contributed by atoms with Crippen LogP contribution in [0.4, 0.5) is 0 Å². The number of carbonyl (C=O) groups excluding carboxylic acids is 1. The van der Waals surface area contributed by atoms with E-state index in [4.69, 9.17) is 0 Å². The van der Waals surface area contributed by atoms with E-state index in [1.807, 2.05) is 13.8 Å². The number of nitriles is 1. The average molecular weight is 250 g/mol. The van der Waals surface area contributed by atoms with Crippen molar-refractivity contribution in [3.05, 3.63) is 0 Å². The highest BCUT2D eigenvalue weighted by Gasteiger charge is 2.39. The van der Waals surface area contributed by atoms with Gasteiger partial charge in [0.1, 0.15) is 5.41 Å². The normalized spacial score (nSPS) is 23.7. The van der Waals surface area contributed by atoms with Gasteiger partial charge in [-0.25, -0.2) is 0 Å². The Morgan fingerprint density at radius 3 is 2.33 bits per heavy atom. The monoisotopic (exact) mass is 250 g/mol. The fourth-order valence-corrected chi connectivity index (χ4v) is 3.03. The maximum atomic E-state index is 12.4. The van der Waals surface area contributed by atoms with Crippen molar-refractivity contribution in [3.63, 3.8) is 0 Å². The molecule has 0 heterocycles. The molecule has 18 heavy (non-hydrogen) atoms. The second-order valence-corrected chi connectivity index (χ2v) is 5.68. The summed E-state index contributed by atoms with van der Waals surface area (Å²) >= 11 is 0. The Bertz CT molecular complexity index is 313. The first kappa shape index (κ1) is 15.0. The van der Waals surface area contributed by atoms with Crippen LogP contribution in [0.1, 0.15) is 65.7 Å². The minimum Gasteiger partial charge on any atom is -0.352 e. The Balaban J connectivity index is 2.72. The minimum atomic E-state index is -0.800. The molecule has 1 aliphatic rings. The fourth-order valence-electron chi connectivity index (χ4n) is 3.03. The molecule has 0 aromatic heterocycles. The summed E-state index contributed by atoms with van der Waals surface area (Å²) in [5.74, 6) is 0.515. The Morgan fingerprint density at radius 2 is 1.94 bits per heavy atom. The van der Waals surface area contributed by atoms with Crippen molar-refractivity contribution in [3.8, 4) is 6.07 Å². The molecule has 102 valence electrons. The predicted molar refractivity (Wildman–Crippen MR) is 72.8 cm³/mol. The SMILES string of the molecule is CCCC(C#N)(CCC)C(=O)NC1CCCC1C. The number of hydrogen-bond donors (Lipinski definition) is 1. The molecule has 0 aromatic carbocycles. The standard InChI is InChI=1S/C15H26N2O/c1-4-9-15(11-16,10-5-2)14(18)17-13-8-6-7-12(13)3/h12-13H,4-10H2,1-3H3,(H,17,18). The smallest absolute Gasteiger partial charge is 0.240 e.